The minimum Gasteiger partial charge on any atom is -0.496 e. The summed E-state index contributed by atoms with van der Waals surface area (Å²) in [5.74, 6) is 0.109. The summed E-state index contributed by atoms with van der Waals surface area (Å²) in [6.07, 6.45) is 0. The molecule has 0 saturated heterocycles. The Kier molecular flexibility index (Phi) is 3.90. The maximum atomic E-state index is 12.3. The quantitative estimate of drug-likeness (QED) is 0.584. The number of amides is 1. The van der Waals surface area contributed by atoms with Gasteiger partial charge in [-0.1, -0.05) is 23.5 Å². The Morgan fingerprint density at radius 2 is 2.09 bits per heavy atom. The number of methoxy groups -OCH3 is 1. The molecule has 1 heterocycles. The van der Waals surface area contributed by atoms with Crippen molar-refractivity contribution >= 4 is 38.3 Å². The van der Waals surface area contributed by atoms with Gasteiger partial charge in [-0.25, -0.2) is 4.98 Å². The van der Waals surface area contributed by atoms with Crippen LogP contribution in [-0.2, 0) is 0 Å². The van der Waals surface area contributed by atoms with Crippen LogP contribution in [0.25, 0.3) is 10.2 Å². The lowest BCUT2D eigenvalue weighted by Crippen LogP contribution is -2.12. The van der Waals surface area contributed by atoms with Crippen molar-refractivity contribution in [2.75, 3.05) is 12.4 Å². The largest absolute Gasteiger partial charge is 0.496 e. The molecular weight excluding hydrogens is 318 g/mol. The number of carbonyl (C=O) groups excluding carboxylic acids is 1. The first-order valence-corrected chi connectivity index (χ1v) is 7.39. The van der Waals surface area contributed by atoms with Crippen LogP contribution in [0.1, 0.15) is 10.4 Å². The maximum absolute atomic E-state index is 12.3. The van der Waals surface area contributed by atoms with Crippen LogP contribution in [-0.4, -0.2) is 22.9 Å². The van der Waals surface area contributed by atoms with Gasteiger partial charge < -0.3 is 4.74 Å². The van der Waals surface area contributed by atoms with Crippen molar-refractivity contribution in [1.29, 1.82) is 0 Å². The molecule has 0 radical (unpaired) electrons. The van der Waals surface area contributed by atoms with E-state index in [1.54, 1.807) is 30.3 Å². The van der Waals surface area contributed by atoms with Gasteiger partial charge in [0.25, 0.3) is 11.6 Å². The fourth-order valence-electron chi connectivity index (χ4n) is 2.08. The summed E-state index contributed by atoms with van der Waals surface area (Å²) in [6.45, 7) is 0. The number of aromatic nitrogens is 1. The van der Waals surface area contributed by atoms with Crippen LogP contribution >= 0.6 is 11.3 Å². The lowest BCUT2D eigenvalue weighted by atomic mass is 10.2. The number of nitrogens with one attached hydrogen (secondary N) is 1. The molecule has 0 aliphatic heterocycles. The van der Waals surface area contributed by atoms with Gasteiger partial charge in [-0.05, 0) is 18.2 Å². The average Bonchev–Trinajstić information content (AvgIpc) is 2.95. The number of carbonyl (C=O) groups is 1. The molecule has 2 aromatic carbocycles. The number of non-ortho nitro benzene ring substituents is 1. The molecule has 3 aromatic rings. The smallest absolute Gasteiger partial charge is 0.271 e. The summed E-state index contributed by atoms with van der Waals surface area (Å²) in [7, 11) is 1.49. The van der Waals surface area contributed by atoms with E-state index in [1.165, 1.54) is 30.6 Å². The van der Waals surface area contributed by atoms with Crippen molar-refractivity contribution in [2.45, 2.75) is 0 Å². The molecule has 8 heteroatoms. The Labute approximate surface area is 134 Å². The van der Waals surface area contributed by atoms with E-state index in [9.17, 15) is 14.9 Å². The highest BCUT2D eigenvalue weighted by molar-refractivity contribution is 7.22. The van der Waals surface area contributed by atoms with E-state index in [0.29, 0.717) is 22.0 Å². The number of hydrogen-bond donors (Lipinski definition) is 1. The van der Waals surface area contributed by atoms with Gasteiger partial charge in [0, 0.05) is 12.1 Å². The number of rotatable bonds is 4. The zero-order valence-corrected chi connectivity index (χ0v) is 12.8. The zero-order chi connectivity index (χ0) is 16.4. The Morgan fingerprint density at radius 3 is 2.83 bits per heavy atom. The van der Waals surface area contributed by atoms with Crippen LogP contribution in [0, 0.1) is 10.1 Å². The van der Waals surface area contributed by atoms with Crippen molar-refractivity contribution in [3.63, 3.8) is 0 Å². The second kappa shape index (κ2) is 6.01. The van der Waals surface area contributed by atoms with E-state index in [-0.39, 0.29) is 11.6 Å². The van der Waals surface area contributed by atoms with Gasteiger partial charge in [-0.15, -0.1) is 0 Å². The number of para-hydroxylation sites is 1. The summed E-state index contributed by atoms with van der Waals surface area (Å²) in [4.78, 5) is 26.8. The minimum absolute atomic E-state index is 0.0367. The maximum Gasteiger partial charge on any atom is 0.271 e. The molecule has 0 aliphatic rings. The van der Waals surface area contributed by atoms with Crippen molar-refractivity contribution < 1.29 is 14.5 Å². The summed E-state index contributed by atoms with van der Waals surface area (Å²) < 4.78 is 5.91. The number of hydrogen-bond acceptors (Lipinski definition) is 6. The highest BCUT2D eigenvalue weighted by Crippen LogP contribution is 2.29. The Morgan fingerprint density at radius 1 is 1.30 bits per heavy atom. The molecule has 0 aliphatic carbocycles. The molecule has 3 rings (SSSR count). The summed E-state index contributed by atoms with van der Waals surface area (Å²) in [5.41, 5.74) is 0.824. The second-order valence-electron chi connectivity index (χ2n) is 4.58. The number of anilines is 1. The first kappa shape index (κ1) is 14.9. The number of nitrogens with zero attached hydrogens (tertiary/aromatic N) is 2. The lowest BCUT2D eigenvalue weighted by Gasteiger charge is -2.06. The first-order chi connectivity index (χ1) is 11.1. The third-order valence-corrected chi connectivity index (χ3v) is 4.11. The normalized spacial score (nSPS) is 10.5. The Balaban J connectivity index is 1.89. The van der Waals surface area contributed by atoms with E-state index >= 15 is 0 Å². The number of nitro groups is 1. The van der Waals surface area contributed by atoms with Crippen LogP contribution in [0.2, 0.25) is 0 Å². The van der Waals surface area contributed by atoms with Crippen LogP contribution in [0.5, 0.6) is 5.75 Å². The van der Waals surface area contributed by atoms with Crippen molar-refractivity contribution in [3.05, 3.63) is 58.1 Å². The fraction of sp³-hybridized carbons (Fsp3) is 0.0667. The predicted molar refractivity (Wildman–Crippen MR) is 87.2 cm³/mol. The third-order valence-electron chi connectivity index (χ3n) is 3.15. The highest BCUT2D eigenvalue weighted by atomic mass is 32.1. The summed E-state index contributed by atoms with van der Waals surface area (Å²) >= 11 is 1.25. The Bertz CT molecular complexity index is 907. The van der Waals surface area contributed by atoms with Crippen LogP contribution in [0.15, 0.2) is 42.5 Å². The number of benzene rings is 2. The molecule has 0 fully saturated rings. The Hall–Kier alpha value is -3.00. The molecule has 116 valence electrons. The molecule has 1 aromatic heterocycles. The van der Waals surface area contributed by atoms with Gasteiger partial charge in [0.15, 0.2) is 5.13 Å². The predicted octanol–water partition coefficient (Wildman–Crippen LogP) is 3.47. The minimum atomic E-state index is -0.480. The summed E-state index contributed by atoms with van der Waals surface area (Å²) in [6, 6.07) is 11.2. The van der Waals surface area contributed by atoms with E-state index in [4.69, 9.17) is 4.74 Å². The molecule has 23 heavy (non-hydrogen) atoms. The highest BCUT2D eigenvalue weighted by Gasteiger charge is 2.15. The fourth-order valence-corrected chi connectivity index (χ4v) is 2.92. The molecule has 1 N–H and O–H groups in total. The van der Waals surface area contributed by atoms with Crippen LogP contribution < -0.4 is 10.1 Å². The molecule has 0 spiro atoms. The number of ether oxygens (including phenoxy) is 1. The molecule has 0 saturated carbocycles. The number of thiazole rings is 1. The van der Waals surface area contributed by atoms with Gasteiger partial charge >= 0.3 is 0 Å². The summed E-state index contributed by atoms with van der Waals surface area (Å²) in [5, 5.41) is 13.8. The molecule has 0 atom stereocenters. The van der Waals surface area contributed by atoms with Crippen molar-refractivity contribution in [3.8, 4) is 5.75 Å². The molecular formula is C15H11N3O4S. The van der Waals surface area contributed by atoms with E-state index < -0.39 is 4.92 Å². The van der Waals surface area contributed by atoms with Gasteiger partial charge in [0.1, 0.15) is 5.75 Å². The number of fused-ring (bicyclic) bond motifs is 1. The van der Waals surface area contributed by atoms with E-state index in [1.807, 2.05) is 0 Å². The van der Waals surface area contributed by atoms with Gasteiger partial charge in [-0.2, -0.15) is 0 Å². The average molecular weight is 329 g/mol. The van der Waals surface area contributed by atoms with Crippen LogP contribution in [0.4, 0.5) is 10.8 Å². The zero-order valence-electron chi connectivity index (χ0n) is 12.0. The van der Waals surface area contributed by atoms with E-state index in [2.05, 4.69) is 10.3 Å². The number of nitro benzene ring substituents is 1. The standard InChI is InChI=1S/C15H11N3O4S/c1-22-12-5-3-2-4-10(12)14(19)17-15-16-11-8-9(18(20)21)6-7-13(11)23-15/h2-8H,1H3,(H,16,17,19). The lowest BCUT2D eigenvalue weighted by molar-refractivity contribution is -0.384. The molecule has 0 unspecified atom stereocenters. The van der Waals surface area contributed by atoms with Gasteiger partial charge in [0.05, 0.1) is 27.8 Å². The second-order valence-corrected chi connectivity index (χ2v) is 5.61. The monoisotopic (exact) mass is 329 g/mol. The SMILES string of the molecule is COc1ccccc1C(=O)Nc1nc2cc([N+](=O)[O-])ccc2s1. The molecule has 0 bridgehead atoms. The topological polar surface area (TPSA) is 94.4 Å². The van der Waals surface area contributed by atoms with Crippen molar-refractivity contribution in [2.24, 2.45) is 0 Å². The van der Waals surface area contributed by atoms with E-state index in [0.717, 1.165) is 4.70 Å². The third kappa shape index (κ3) is 2.97. The van der Waals surface area contributed by atoms with Crippen LogP contribution in [0.3, 0.4) is 0 Å². The molecule has 1 amide bonds. The van der Waals surface area contributed by atoms with Gasteiger partial charge in [0.2, 0.25) is 0 Å². The van der Waals surface area contributed by atoms with Crippen molar-refractivity contribution in [1.82, 2.24) is 4.98 Å². The molecule has 7 nitrogen and oxygen atoms in total. The van der Waals surface area contributed by atoms with Gasteiger partial charge in [-0.3, -0.25) is 20.2 Å². The first-order valence-electron chi connectivity index (χ1n) is 6.58.